The lowest BCUT2D eigenvalue weighted by atomic mass is 9.86. The van der Waals surface area contributed by atoms with E-state index in [2.05, 4.69) is 30.6 Å². The van der Waals surface area contributed by atoms with Crippen molar-refractivity contribution >= 4 is 40.2 Å². The molecule has 3 aromatic heterocycles. The molecule has 0 bridgehead atoms. The number of amides is 1. The lowest BCUT2D eigenvalue weighted by Gasteiger charge is -2.29. The number of nitrogens with zero attached hydrogens (tertiary/aromatic N) is 5. The molecule has 10 heteroatoms. The lowest BCUT2D eigenvalue weighted by Crippen LogP contribution is -2.40. The number of halogens is 1. The van der Waals surface area contributed by atoms with E-state index in [4.69, 9.17) is 16.3 Å². The second kappa shape index (κ2) is 10.5. The SMILES string of the molecule is O=C(c1cnc(NC[C@H]2CC[C@H](Nc3ccc4ccnc(Cl)c4n3)CC2)nc1)N1CCOCC1. The summed E-state index contributed by atoms with van der Waals surface area (Å²) in [5, 5.41) is 8.30. The van der Waals surface area contributed by atoms with Gasteiger partial charge in [-0.25, -0.2) is 19.9 Å². The highest BCUT2D eigenvalue weighted by molar-refractivity contribution is 6.33. The molecule has 178 valence electrons. The zero-order valence-corrected chi connectivity index (χ0v) is 19.7. The molecule has 1 amide bonds. The number of rotatable bonds is 6. The topological polar surface area (TPSA) is 105 Å². The zero-order chi connectivity index (χ0) is 23.3. The number of ether oxygens (including phenoxy) is 1. The minimum atomic E-state index is -0.0416. The van der Waals surface area contributed by atoms with Crippen LogP contribution in [0.3, 0.4) is 0 Å². The van der Waals surface area contributed by atoms with E-state index in [1.807, 2.05) is 18.2 Å². The average Bonchev–Trinajstić information content (AvgIpc) is 2.89. The van der Waals surface area contributed by atoms with Crippen LogP contribution >= 0.6 is 11.6 Å². The largest absolute Gasteiger partial charge is 0.378 e. The third-order valence-electron chi connectivity index (χ3n) is 6.51. The maximum atomic E-state index is 12.5. The quantitative estimate of drug-likeness (QED) is 0.514. The second-order valence-corrected chi connectivity index (χ2v) is 9.17. The van der Waals surface area contributed by atoms with E-state index in [1.54, 1.807) is 23.5 Å². The summed E-state index contributed by atoms with van der Waals surface area (Å²) in [6.07, 6.45) is 9.25. The summed E-state index contributed by atoms with van der Waals surface area (Å²) < 4.78 is 5.30. The van der Waals surface area contributed by atoms with Crippen molar-refractivity contribution in [3.63, 3.8) is 0 Å². The number of carbonyl (C=O) groups is 1. The summed E-state index contributed by atoms with van der Waals surface area (Å²) in [7, 11) is 0. The zero-order valence-electron chi connectivity index (χ0n) is 18.9. The first-order valence-electron chi connectivity index (χ1n) is 11.8. The molecule has 5 rings (SSSR count). The van der Waals surface area contributed by atoms with E-state index in [0.717, 1.165) is 48.9 Å². The molecular formula is C24H28ClN7O2. The van der Waals surface area contributed by atoms with Crippen LogP contribution in [0.15, 0.2) is 36.8 Å². The summed E-state index contributed by atoms with van der Waals surface area (Å²) in [5.41, 5.74) is 1.24. The van der Waals surface area contributed by atoms with Crippen molar-refractivity contribution in [3.05, 3.63) is 47.5 Å². The average molecular weight is 482 g/mol. The summed E-state index contributed by atoms with van der Waals surface area (Å²) in [6, 6.07) is 6.32. The molecule has 3 aromatic rings. The molecule has 9 nitrogen and oxygen atoms in total. The van der Waals surface area contributed by atoms with Crippen LogP contribution in [0.1, 0.15) is 36.0 Å². The van der Waals surface area contributed by atoms with Crippen LogP contribution in [0, 0.1) is 5.92 Å². The standard InChI is InChI=1S/C24H28ClN7O2/c25-22-21-17(7-8-26-22)3-6-20(31-21)30-19-4-1-16(2-5-19)13-27-24-28-14-18(15-29-24)23(33)32-9-11-34-12-10-32/h3,6-8,14-16,19H,1-2,4-5,9-13H2,(H,30,31)(H,27,28,29)/t16-,19-. The fraction of sp³-hybridized carbons (Fsp3) is 0.458. The first-order chi connectivity index (χ1) is 16.7. The van der Waals surface area contributed by atoms with E-state index < -0.39 is 0 Å². The molecule has 34 heavy (non-hydrogen) atoms. The predicted molar refractivity (Wildman–Crippen MR) is 131 cm³/mol. The number of aromatic nitrogens is 4. The molecule has 4 heterocycles. The molecule has 2 aliphatic rings. The number of pyridine rings is 2. The van der Waals surface area contributed by atoms with E-state index in [9.17, 15) is 4.79 Å². The van der Waals surface area contributed by atoms with Crippen LogP contribution in [0.2, 0.25) is 5.15 Å². The Morgan fingerprint density at radius 3 is 2.59 bits per heavy atom. The molecule has 1 saturated carbocycles. The third kappa shape index (κ3) is 5.37. The van der Waals surface area contributed by atoms with Crippen molar-refractivity contribution in [1.29, 1.82) is 0 Å². The Balaban J connectivity index is 1.08. The van der Waals surface area contributed by atoms with Crippen molar-refractivity contribution in [3.8, 4) is 0 Å². The Kier molecular flexibility index (Phi) is 7.01. The van der Waals surface area contributed by atoms with Gasteiger partial charge in [-0.15, -0.1) is 0 Å². The number of morpholine rings is 1. The van der Waals surface area contributed by atoms with Gasteiger partial charge in [0.1, 0.15) is 11.3 Å². The number of carbonyl (C=O) groups excluding carboxylic acids is 1. The Labute approximate surface area is 203 Å². The number of anilines is 2. The van der Waals surface area contributed by atoms with Crippen molar-refractivity contribution < 1.29 is 9.53 Å². The highest BCUT2D eigenvalue weighted by Gasteiger charge is 2.22. The van der Waals surface area contributed by atoms with Gasteiger partial charge in [-0.1, -0.05) is 11.6 Å². The molecule has 1 aliphatic heterocycles. The number of nitrogens with one attached hydrogen (secondary N) is 2. The van der Waals surface area contributed by atoms with Gasteiger partial charge in [0.2, 0.25) is 5.95 Å². The van der Waals surface area contributed by atoms with Crippen LogP contribution in [-0.4, -0.2) is 69.6 Å². The maximum Gasteiger partial charge on any atom is 0.257 e. The lowest BCUT2D eigenvalue weighted by molar-refractivity contribution is 0.0302. The number of fused-ring (bicyclic) bond motifs is 1. The molecule has 1 aliphatic carbocycles. The van der Waals surface area contributed by atoms with Crippen LogP contribution in [0.25, 0.3) is 10.9 Å². The monoisotopic (exact) mass is 481 g/mol. The van der Waals surface area contributed by atoms with Gasteiger partial charge in [0.15, 0.2) is 5.15 Å². The van der Waals surface area contributed by atoms with Gasteiger partial charge >= 0.3 is 0 Å². The van der Waals surface area contributed by atoms with Gasteiger partial charge in [-0.3, -0.25) is 4.79 Å². The minimum absolute atomic E-state index is 0.0416. The van der Waals surface area contributed by atoms with Gasteiger partial charge in [0, 0.05) is 49.7 Å². The van der Waals surface area contributed by atoms with Crippen LogP contribution < -0.4 is 10.6 Å². The molecule has 0 spiro atoms. The Morgan fingerprint density at radius 2 is 1.82 bits per heavy atom. The molecule has 0 atom stereocenters. The Morgan fingerprint density at radius 1 is 1.06 bits per heavy atom. The van der Waals surface area contributed by atoms with E-state index in [0.29, 0.717) is 54.9 Å². The summed E-state index contributed by atoms with van der Waals surface area (Å²) >= 11 is 6.19. The van der Waals surface area contributed by atoms with Gasteiger partial charge in [-0.05, 0) is 49.8 Å². The molecule has 0 aromatic carbocycles. The maximum absolute atomic E-state index is 12.5. The Hall–Kier alpha value is -3.04. The van der Waals surface area contributed by atoms with E-state index in [1.165, 1.54) is 0 Å². The first-order valence-corrected chi connectivity index (χ1v) is 12.1. The highest BCUT2D eigenvalue weighted by Crippen LogP contribution is 2.27. The normalized spacial score (nSPS) is 20.8. The number of hydrogen-bond acceptors (Lipinski definition) is 8. The van der Waals surface area contributed by atoms with Crippen molar-refractivity contribution in [1.82, 2.24) is 24.8 Å². The first kappa shape index (κ1) is 22.7. The van der Waals surface area contributed by atoms with E-state index in [-0.39, 0.29) is 5.91 Å². The molecule has 0 unspecified atom stereocenters. The summed E-state index contributed by atoms with van der Waals surface area (Å²) in [5.74, 6) is 1.91. The van der Waals surface area contributed by atoms with E-state index >= 15 is 0 Å². The smallest absolute Gasteiger partial charge is 0.257 e. The summed E-state index contributed by atoms with van der Waals surface area (Å²) in [4.78, 5) is 31.7. The van der Waals surface area contributed by atoms with Gasteiger partial charge in [0.25, 0.3) is 5.91 Å². The van der Waals surface area contributed by atoms with Crippen molar-refractivity contribution in [2.75, 3.05) is 43.5 Å². The molecular weight excluding hydrogens is 454 g/mol. The van der Waals surface area contributed by atoms with Gasteiger partial charge in [-0.2, -0.15) is 0 Å². The molecule has 2 fully saturated rings. The fourth-order valence-corrected chi connectivity index (χ4v) is 4.74. The molecule has 0 radical (unpaired) electrons. The Bertz CT molecular complexity index is 1130. The molecule has 1 saturated heterocycles. The summed E-state index contributed by atoms with van der Waals surface area (Å²) in [6.45, 7) is 3.19. The minimum Gasteiger partial charge on any atom is -0.378 e. The predicted octanol–water partition coefficient (Wildman–Crippen LogP) is 3.63. The van der Waals surface area contributed by atoms with Gasteiger partial charge in [0.05, 0.1) is 18.8 Å². The molecule has 2 N–H and O–H groups in total. The highest BCUT2D eigenvalue weighted by atomic mass is 35.5. The fourth-order valence-electron chi connectivity index (χ4n) is 4.53. The van der Waals surface area contributed by atoms with Crippen LogP contribution in [0.4, 0.5) is 11.8 Å². The van der Waals surface area contributed by atoms with Crippen LogP contribution in [-0.2, 0) is 4.74 Å². The number of hydrogen-bond donors (Lipinski definition) is 2. The second-order valence-electron chi connectivity index (χ2n) is 8.81. The van der Waals surface area contributed by atoms with Crippen molar-refractivity contribution in [2.24, 2.45) is 5.92 Å². The van der Waals surface area contributed by atoms with Crippen molar-refractivity contribution in [2.45, 2.75) is 31.7 Å². The third-order valence-corrected chi connectivity index (χ3v) is 6.79. The van der Waals surface area contributed by atoms with Crippen LogP contribution in [0.5, 0.6) is 0 Å². The van der Waals surface area contributed by atoms with Gasteiger partial charge < -0.3 is 20.3 Å².